The van der Waals surface area contributed by atoms with Crippen molar-refractivity contribution in [1.29, 1.82) is 0 Å². The van der Waals surface area contributed by atoms with Crippen molar-refractivity contribution in [2.75, 3.05) is 18.4 Å². The van der Waals surface area contributed by atoms with Crippen LogP contribution < -0.4 is 11.1 Å². The molecule has 4 aromatic rings. The van der Waals surface area contributed by atoms with Crippen molar-refractivity contribution in [3.8, 4) is 5.69 Å². The average molecular weight is 405 g/mol. The Morgan fingerprint density at radius 3 is 3.00 bits per heavy atom. The maximum Gasteiger partial charge on any atom is 0.423 e. The normalized spacial score (nSPS) is 16.9. The number of carbonyl (C=O) groups is 1. The van der Waals surface area contributed by atoms with Crippen LogP contribution in [0.5, 0.6) is 0 Å². The first-order valence-electron chi connectivity index (χ1n) is 9.50. The zero-order chi connectivity index (χ0) is 20.7. The molecule has 5 rings (SSSR count). The van der Waals surface area contributed by atoms with E-state index in [1.54, 1.807) is 10.9 Å². The third-order valence-corrected chi connectivity index (χ3v) is 4.95. The quantitative estimate of drug-likeness (QED) is 0.518. The number of anilines is 1. The van der Waals surface area contributed by atoms with E-state index < -0.39 is 6.09 Å². The summed E-state index contributed by atoms with van der Waals surface area (Å²) in [4.78, 5) is 29.3. The van der Waals surface area contributed by atoms with Gasteiger partial charge in [0.25, 0.3) is 0 Å². The van der Waals surface area contributed by atoms with Crippen LogP contribution in [0.15, 0.2) is 36.5 Å². The van der Waals surface area contributed by atoms with Crippen molar-refractivity contribution in [2.24, 2.45) is 5.73 Å². The number of amides is 1. The lowest BCUT2D eigenvalue weighted by Crippen LogP contribution is -2.31. The van der Waals surface area contributed by atoms with E-state index in [2.05, 4.69) is 30.6 Å². The van der Waals surface area contributed by atoms with E-state index in [-0.39, 0.29) is 6.04 Å². The summed E-state index contributed by atoms with van der Waals surface area (Å²) < 4.78 is 1.68. The van der Waals surface area contributed by atoms with Crippen LogP contribution >= 0.6 is 0 Å². The van der Waals surface area contributed by atoms with E-state index in [0.29, 0.717) is 30.2 Å². The Morgan fingerprint density at radius 1 is 1.23 bits per heavy atom. The third-order valence-electron chi connectivity index (χ3n) is 4.95. The van der Waals surface area contributed by atoms with Gasteiger partial charge in [-0.1, -0.05) is 11.3 Å². The number of hydrogen-bond donors (Lipinski definition) is 2. The molecule has 0 spiro atoms. The summed E-state index contributed by atoms with van der Waals surface area (Å²) in [7, 11) is 0. The molecule has 1 aromatic carbocycles. The molecule has 1 atom stereocenters. The van der Waals surface area contributed by atoms with Gasteiger partial charge in [-0.2, -0.15) is 9.67 Å². The fraction of sp³-hybridized carbons (Fsp3) is 0.263. The number of nitrogens with zero attached hydrogens (tertiary/aromatic N) is 7. The second kappa shape index (κ2) is 7.19. The molecule has 30 heavy (non-hydrogen) atoms. The number of nitrogens with two attached hydrogens (primary N) is 1. The topological polar surface area (TPSA) is 137 Å². The number of nitrogens with one attached hydrogen (secondary N) is 1. The lowest BCUT2D eigenvalue weighted by Gasteiger charge is -2.14. The fourth-order valence-electron chi connectivity index (χ4n) is 3.56. The lowest BCUT2D eigenvalue weighted by molar-refractivity contribution is -0.0767. The van der Waals surface area contributed by atoms with Crippen molar-refractivity contribution < 1.29 is 9.63 Å². The van der Waals surface area contributed by atoms with Gasteiger partial charge in [0.15, 0.2) is 11.2 Å². The Hall–Kier alpha value is -3.86. The molecule has 1 aliphatic heterocycles. The van der Waals surface area contributed by atoms with Gasteiger partial charge in [0.1, 0.15) is 0 Å². The van der Waals surface area contributed by atoms with Gasteiger partial charge in [0, 0.05) is 23.7 Å². The molecule has 11 heteroatoms. The second-order valence-electron chi connectivity index (χ2n) is 7.16. The van der Waals surface area contributed by atoms with Gasteiger partial charge in [-0.25, -0.2) is 9.78 Å². The molecule has 0 unspecified atom stereocenters. The van der Waals surface area contributed by atoms with E-state index in [1.165, 1.54) is 5.06 Å². The third kappa shape index (κ3) is 3.46. The first kappa shape index (κ1) is 18.2. The summed E-state index contributed by atoms with van der Waals surface area (Å²) in [6, 6.07) is 9.93. The van der Waals surface area contributed by atoms with E-state index in [0.717, 1.165) is 28.7 Å². The van der Waals surface area contributed by atoms with Crippen molar-refractivity contribution in [2.45, 2.75) is 19.4 Å². The minimum atomic E-state index is -0.816. The highest BCUT2D eigenvalue weighted by molar-refractivity contribution is 5.82. The van der Waals surface area contributed by atoms with Crippen molar-refractivity contribution >= 4 is 34.1 Å². The molecule has 4 heterocycles. The van der Waals surface area contributed by atoms with Gasteiger partial charge < -0.3 is 15.9 Å². The largest absolute Gasteiger partial charge is 0.423 e. The summed E-state index contributed by atoms with van der Waals surface area (Å²) in [5.41, 5.74) is 8.97. The first-order chi connectivity index (χ1) is 14.5. The SMILES string of the molecule is Cc1ccc2cc(-n3nnc4cnc(N[C@@H]5CCN(OC(N)=O)C5)nc43)ccc2n1. The van der Waals surface area contributed by atoms with Gasteiger partial charge in [-0.3, -0.25) is 4.98 Å². The summed E-state index contributed by atoms with van der Waals surface area (Å²) in [6.07, 6.45) is 1.58. The second-order valence-corrected chi connectivity index (χ2v) is 7.16. The molecule has 1 saturated heterocycles. The van der Waals surface area contributed by atoms with Crippen LogP contribution in [0.3, 0.4) is 0 Å². The molecule has 0 aliphatic carbocycles. The fourth-order valence-corrected chi connectivity index (χ4v) is 3.56. The average Bonchev–Trinajstić information content (AvgIpc) is 3.33. The van der Waals surface area contributed by atoms with Crippen LogP contribution in [0.25, 0.3) is 27.8 Å². The van der Waals surface area contributed by atoms with Crippen molar-refractivity contribution in [3.63, 3.8) is 0 Å². The number of aromatic nitrogens is 6. The van der Waals surface area contributed by atoms with Crippen LogP contribution in [-0.2, 0) is 4.84 Å². The number of benzene rings is 1. The van der Waals surface area contributed by atoms with Crippen molar-refractivity contribution in [1.82, 2.24) is 35.0 Å². The minimum absolute atomic E-state index is 0.0288. The van der Waals surface area contributed by atoms with Gasteiger partial charge in [0.05, 0.1) is 23.9 Å². The Labute approximate surface area is 170 Å². The van der Waals surface area contributed by atoms with E-state index >= 15 is 0 Å². The summed E-state index contributed by atoms with van der Waals surface area (Å²) >= 11 is 0. The molecule has 1 aliphatic rings. The van der Waals surface area contributed by atoms with Gasteiger partial charge in [-0.05, 0) is 37.6 Å². The Bertz CT molecular complexity index is 1260. The Kier molecular flexibility index (Phi) is 4.36. The monoisotopic (exact) mass is 405 g/mol. The van der Waals surface area contributed by atoms with Gasteiger partial charge in [-0.15, -0.1) is 10.2 Å². The highest BCUT2D eigenvalue weighted by atomic mass is 16.7. The molecule has 0 saturated carbocycles. The van der Waals surface area contributed by atoms with E-state index in [4.69, 9.17) is 10.6 Å². The van der Waals surface area contributed by atoms with Crippen LogP contribution in [0.4, 0.5) is 10.7 Å². The number of primary amides is 1. The van der Waals surface area contributed by atoms with Crippen LogP contribution in [0, 0.1) is 6.92 Å². The number of hydrogen-bond acceptors (Lipinski definition) is 9. The highest BCUT2D eigenvalue weighted by Gasteiger charge is 2.25. The smallest absolute Gasteiger partial charge is 0.351 e. The minimum Gasteiger partial charge on any atom is -0.351 e. The number of aryl methyl sites for hydroxylation is 1. The zero-order valence-electron chi connectivity index (χ0n) is 16.2. The van der Waals surface area contributed by atoms with Crippen LogP contribution in [-0.4, -0.2) is 60.2 Å². The number of hydroxylamine groups is 2. The molecular weight excluding hydrogens is 386 g/mol. The molecule has 1 amide bonds. The van der Waals surface area contributed by atoms with Crippen molar-refractivity contribution in [3.05, 3.63) is 42.2 Å². The molecule has 3 N–H and O–H groups in total. The molecule has 1 fully saturated rings. The standard InChI is InChI=1S/C19H19N9O2/c1-11-2-3-12-8-14(4-5-15(12)22-11)28-17-16(25-26-28)9-21-19(24-17)23-13-6-7-27(10-13)30-18(20)29/h2-5,8-9,13H,6-7,10H2,1H3,(H2,20,29)(H,21,23,24)/t13-/m1/s1. The van der Waals surface area contributed by atoms with Gasteiger partial charge in [0.2, 0.25) is 5.95 Å². The number of fused-ring (bicyclic) bond motifs is 2. The van der Waals surface area contributed by atoms with E-state index in [1.807, 2.05) is 37.3 Å². The van der Waals surface area contributed by atoms with E-state index in [9.17, 15) is 4.79 Å². The lowest BCUT2D eigenvalue weighted by atomic mass is 10.2. The molecule has 0 bridgehead atoms. The first-order valence-corrected chi connectivity index (χ1v) is 9.50. The number of rotatable bonds is 4. The van der Waals surface area contributed by atoms with Crippen LogP contribution in [0.2, 0.25) is 0 Å². The highest BCUT2D eigenvalue weighted by Crippen LogP contribution is 2.21. The Balaban J connectivity index is 1.42. The summed E-state index contributed by atoms with van der Waals surface area (Å²) in [5, 5.41) is 14.2. The number of carbonyl (C=O) groups excluding carboxylic acids is 1. The molecule has 11 nitrogen and oxygen atoms in total. The summed E-state index contributed by atoms with van der Waals surface area (Å²) in [5.74, 6) is 0.454. The maximum atomic E-state index is 10.9. The zero-order valence-corrected chi connectivity index (χ0v) is 16.2. The maximum absolute atomic E-state index is 10.9. The van der Waals surface area contributed by atoms with Gasteiger partial charge >= 0.3 is 6.09 Å². The predicted molar refractivity (Wildman–Crippen MR) is 109 cm³/mol. The molecule has 0 radical (unpaired) electrons. The predicted octanol–water partition coefficient (Wildman–Crippen LogP) is 1.56. The van der Waals surface area contributed by atoms with Crippen LogP contribution in [0.1, 0.15) is 12.1 Å². The molecule has 152 valence electrons. The molecular formula is C19H19N9O2. The number of pyridine rings is 1. The molecule has 3 aromatic heterocycles. The Morgan fingerprint density at radius 2 is 2.13 bits per heavy atom. The summed E-state index contributed by atoms with van der Waals surface area (Å²) in [6.45, 7) is 3.05.